The van der Waals surface area contributed by atoms with Gasteiger partial charge in [0.05, 0.1) is 16.3 Å². The minimum atomic E-state index is 0.713. The Labute approximate surface area is 76.9 Å². The predicted octanol–water partition coefficient (Wildman–Crippen LogP) is 2.75. The molecule has 2 nitrogen and oxygen atoms in total. The Bertz CT molecular complexity index is 396. The topological polar surface area (TPSA) is 17.3 Å². The molecule has 0 bridgehead atoms. The summed E-state index contributed by atoms with van der Waals surface area (Å²) in [6.07, 6.45) is 3.49. The van der Waals surface area contributed by atoms with Crippen LogP contribution in [-0.2, 0) is 0 Å². The molecule has 0 aliphatic rings. The quantitative estimate of drug-likeness (QED) is 0.637. The number of fused-ring (bicyclic) bond motifs is 1. The van der Waals surface area contributed by atoms with Gasteiger partial charge in [0, 0.05) is 5.02 Å². The molecule has 0 N–H and O–H groups in total. The van der Waals surface area contributed by atoms with E-state index in [0.717, 1.165) is 10.1 Å². The second-order valence-corrected chi connectivity index (χ2v) is 3.43. The molecule has 4 heteroatoms. The van der Waals surface area contributed by atoms with Gasteiger partial charge in [0.15, 0.2) is 0 Å². The van der Waals surface area contributed by atoms with Crippen LogP contribution >= 0.6 is 27.5 Å². The molecule has 2 aromatic heterocycles. The summed E-state index contributed by atoms with van der Waals surface area (Å²) < 4.78 is 2.82. The number of halogens is 2. The second kappa shape index (κ2) is 2.50. The van der Waals surface area contributed by atoms with Crippen molar-refractivity contribution in [2.24, 2.45) is 0 Å². The molecule has 0 atom stereocenters. The van der Waals surface area contributed by atoms with Gasteiger partial charge >= 0.3 is 0 Å². The molecule has 0 aliphatic heterocycles. The van der Waals surface area contributed by atoms with Crippen LogP contribution in [0.3, 0.4) is 0 Å². The monoisotopic (exact) mass is 230 g/mol. The van der Waals surface area contributed by atoms with Gasteiger partial charge in [-0.25, -0.2) is 4.98 Å². The van der Waals surface area contributed by atoms with Crippen molar-refractivity contribution in [1.29, 1.82) is 0 Å². The predicted molar refractivity (Wildman–Crippen MR) is 47.9 cm³/mol. The highest BCUT2D eigenvalue weighted by Crippen LogP contribution is 2.19. The van der Waals surface area contributed by atoms with Crippen LogP contribution in [0.1, 0.15) is 0 Å². The van der Waals surface area contributed by atoms with Gasteiger partial charge in [0.25, 0.3) is 0 Å². The average Bonchev–Trinajstić information content (AvgIpc) is 2.34. The molecule has 0 saturated carbocycles. The average molecular weight is 231 g/mol. The summed E-state index contributed by atoms with van der Waals surface area (Å²) in [5.74, 6) is 0. The summed E-state index contributed by atoms with van der Waals surface area (Å²) >= 11 is 9.18. The molecule has 0 aliphatic carbocycles. The van der Waals surface area contributed by atoms with Crippen LogP contribution in [0.5, 0.6) is 0 Å². The van der Waals surface area contributed by atoms with E-state index in [9.17, 15) is 0 Å². The smallest absolute Gasteiger partial charge is 0.100 e. The Morgan fingerprint density at radius 3 is 3.09 bits per heavy atom. The Morgan fingerprint density at radius 1 is 1.45 bits per heavy atom. The van der Waals surface area contributed by atoms with Crippen molar-refractivity contribution in [3.8, 4) is 0 Å². The molecule has 0 fully saturated rings. The van der Waals surface area contributed by atoms with Gasteiger partial charge in [-0.05, 0) is 28.1 Å². The van der Waals surface area contributed by atoms with Crippen LogP contribution in [0, 0.1) is 0 Å². The van der Waals surface area contributed by atoms with Crippen LogP contribution in [0.15, 0.2) is 29.3 Å². The fourth-order valence-electron chi connectivity index (χ4n) is 0.957. The third-order valence-electron chi connectivity index (χ3n) is 1.44. The Balaban J connectivity index is 2.91. The molecular formula is C7H4BrClN2. The third kappa shape index (κ3) is 1.14. The zero-order valence-electron chi connectivity index (χ0n) is 5.46. The lowest BCUT2D eigenvalue weighted by Crippen LogP contribution is -1.83. The highest BCUT2D eigenvalue weighted by molar-refractivity contribution is 9.10. The lowest BCUT2D eigenvalue weighted by Gasteiger charge is -1.97. The number of aromatic nitrogens is 2. The van der Waals surface area contributed by atoms with Crippen molar-refractivity contribution >= 4 is 33.0 Å². The molecule has 0 saturated heterocycles. The van der Waals surface area contributed by atoms with E-state index in [0.29, 0.717) is 5.02 Å². The number of imidazole rings is 1. The minimum Gasteiger partial charge on any atom is -0.293 e. The van der Waals surface area contributed by atoms with Gasteiger partial charge in [-0.2, -0.15) is 0 Å². The molecule has 0 amide bonds. The molecule has 0 radical (unpaired) electrons. The first-order valence-corrected chi connectivity index (χ1v) is 4.21. The Kier molecular flexibility index (Phi) is 1.62. The summed E-state index contributed by atoms with van der Waals surface area (Å²) in [5.41, 5.74) is 0.990. The van der Waals surface area contributed by atoms with E-state index >= 15 is 0 Å². The van der Waals surface area contributed by atoms with Crippen molar-refractivity contribution in [2.45, 2.75) is 0 Å². The number of hydrogen-bond acceptors (Lipinski definition) is 1. The van der Waals surface area contributed by atoms with Crippen LogP contribution < -0.4 is 0 Å². The molecule has 2 aromatic rings. The summed E-state index contributed by atoms with van der Waals surface area (Å²) in [5, 5.41) is 0.713. The first-order valence-electron chi connectivity index (χ1n) is 3.04. The van der Waals surface area contributed by atoms with Gasteiger partial charge in [-0.15, -0.1) is 0 Å². The summed E-state index contributed by atoms with van der Waals surface area (Å²) in [6, 6.07) is 3.69. The van der Waals surface area contributed by atoms with Gasteiger partial charge < -0.3 is 0 Å². The van der Waals surface area contributed by atoms with E-state index in [1.807, 2.05) is 16.5 Å². The van der Waals surface area contributed by atoms with E-state index in [4.69, 9.17) is 11.6 Å². The third-order valence-corrected chi connectivity index (χ3v) is 2.27. The number of pyridine rings is 1. The zero-order chi connectivity index (χ0) is 7.84. The maximum atomic E-state index is 5.81. The van der Waals surface area contributed by atoms with Crippen molar-refractivity contribution in [3.05, 3.63) is 34.3 Å². The highest BCUT2D eigenvalue weighted by Gasteiger charge is 1.98. The maximum absolute atomic E-state index is 5.81. The minimum absolute atomic E-state index is 0.713. The molecular weight excluding hydrogens is 227 g/mol. The second-order valence-electron chi connectivity index (χ2n) is 2.18. The highest BCUT2D eigenvalue weighted by atomic mass is 79.9. The Morgan fingerprint density at radius 2 is 2.27 bits per heavy atom. The number of hydrogen-bond donors (Lipinski definition) is 0. The normalized spacial score (nSPS) is 10.7. The maximum Gasteiger partial charge on any atom is 0.100 e. The summed E-state index contributed by atoms with van der Waals surface area (Å²) in [7, 11) is 0. The van der Waals surface area contributed by atoms with E-state index in [1.165, 1.54) is 0 Å². The standard InChI is InChI=1S/C7H4BrClN2/c8-7-2-5(9)1-6-3-10-4-11(6)7/h1-4H. The molecule has 0 spiro atoms. The molecule has 0 aromatic carbocycles. The van der Waals surface area contributed by atoms with E-state index in [2.05, 4.69) is 20.9 Å². The fraction of sp³-hybridized carbons (Fsp3) is 0. The van der Waals surface area contributed by atoms with Crippen molar-refractivity contribution < 1.29 is 0 Å². The van der Waals surface area contributed by atoms with Gasteiger partial charge in [0.1, 0.15) is 6.33 Å². The lowest BCUT2D eigenvalue weighted by molar-refractivity contribution is 1.12. The summed E-state index contributed by atoms with van der Waals surface area (Å²) in [6.45, 7) is 0. The molecule has 11 heavy (non-hydrogen) atoms. The van der Waals surface area contributed by atoms with Gasteiger partial charge in [0.2, 0.25) is 0 Å². The van der Waals surface area contributed by atoms with Crippen LogP contribution in [-0.4, -0.2) is 9.38 Å². The van der Waals surface area contributed by atoms with Crippen molar-refractivity contribution in [1.82, 2.24) is 9.38 Å². The fourth-order valence-corrected chi connectivity index (χ4v) is 1.85. The van der Waals surface area contributed by atoms with Crippen LogP contribution in [0.4, 0.5) is 0 Å². The summed E-state index contributed by atoms with van der Waals surface area (Å²) in [4.78, 5) is 3.98. The Hall–Kier alpha value is -0.540. The largest absolute Gasteiger partial charge is 0.293 e. The van der Waals surface area contributed by atoms with E-state index in [-0.39, 0.29) is 0 Å². The first-order chi connectivity index (χ1) is 5.27. The number of nitrogens with zero attached hydrogens (tertiary/aromatic N) is 2. The van der Waals surface area contributed by atoms with E-state index in [1.54, 1.807) is 12.5 Å². The lowest BCUT2D eigenvalue weighted by atomic mass is 10.4. The first kappa shape index (κ1) is 7.13. The molecule has 2 rings (SSSR count). The van der Waals surface area contributed by atoms with E-state index < -0.39 is 0 Å². The van der Waals surface area contributed by atoms with Gasteiger partial charge in [-0.1, -0.05) is 11.6 Å². The zero-order valence-corrected chi connectivity index (χ0v) is 7.80. The van der Waals surface area contributed by atoms with Crippen LogP contribution in [0.2, 0.25) is 5.02 Å². The van der Waals surface area contributed by atoms with Crippen molar-refractivity contribution in [3.63, 3.8) is 0 Å². The van der Waals surface area contributed by atoms with Crippen molar-refractivity contribution in [2.75, 3.05) is 0 Å². The number of rotatable bonds is 0. The van der Waals surface area contributed by atoms with Gasteiger partial charge in [-0.3, -0.25) is 4.40 Å². The molecule has 0 unspecified atom stereocenters. The SMILES string of the molecule is Clc1cc(Br)n2cncc2c1. The van der Waals surface area contributed by atoms with Crippen LogP contribution in [0.25, 0.3) is 5.52 Å². The molecule has 56 valence electrons. The molecule has 2 heterocycles.